The minimum atomic E-state index is -0.554. The van der Waals surface area contributed by atoms with Gasteiger partial charge in [0.25, 0.3) is 0 Å². The topological polar surface area (TPSA) is 75.7 Å². The quantitative estimate of drug-likeness (QED) is 0.335. The number of aliphatic hydroxyl groups is 1. The molecule has 0 fully saturated rings. The van der Waals surface area contributed by atoms with Gasteiger partial charge in [-0.05, 0) is 0 Å². The first-order chi connectivity index (χ1) is 3.81. The molecule has 0 rings (SSSR count). The Labute approximate surface area is 47.8 Å². The number of hydrogen-bond acceptors (Lipinski definition) is 4. The summed E-state index contributed by atoms with van der Waals surface area (Å²) in [7, 11) is 0. The van der Waals surface area contributed by atoms with Crippen molar-refractivity contribution in [3.63, 3.8) is 0 Å². The van der Waals surface area contributed by atoms with Crippen molar-refractivity contribution < 1.29 is 15.3 Å². The summed E-state index contributed by atoms with van der Waals surface area (Å²) in [6.45, 7) is 0.349. The second-order valence-corrected chi connectivity index (χ2v) is 1.51. The van der Waals surface area contributed by atoms with Gasteiger partial charge in [-0.2, -0.15) is 0 Å². The molecule has 0 aromatic carbocycles. The molecule has 0 bridgehead atoms. The third-order valence-electron chi connectivity index (χ3n) is 0.814. The molecule has 0 aliphatic rings. The first-order valence-electron chi connectivity index (χ1n) is 2.45. The number of hydrogen-bond donors (Lipinski definition) is 3. The molecule has 0 radical (unpaired) electrons. The van der Waals surface area contributed by atoms with Gasteiger partial charge in [0.05, 0.1) is 12.7 Å². The Kier molecular flexibility index (Phi) is 4.89. The van der Waals surface area contributed by atoms with Gasteiger partial charge in [0.2, 0.25) is 0 Å². The van der Waals surface area contributed by atoms with Crippen molar-refractivity contribution in [2.45, 2.75) is 12.5 Å². The number of rotatable bonds is 4. The van der Waals surface area contributed by atoms with Crippen LogP contribution in [-0.2, 0) is 4.89 Å². The zero-order valence-corrected chi connectivity index (χ0v) is 4.58. The van der Waals surface area contributed by atoms with Gasteiger partial charge in [-0.1, -0.05) is 0 Å². The van der Waals surface area contributed by atoms with Crippen molar-refractivity contribution >= 4 is 0 Å². The van der Waals surface area contributed by atoms with Crippen LogP contribution in [0.1, 0.15) is 6.42 Å². The van der Waals surface area contributed by atoms with Crippen LogP contribution in [0.2, 0.25) is 0 Å². The van der Waals surface area contributed by atoms with Gasteiger partial charge in [-0.15, -0.1) is 0 Å². The smallest absolute Gasteiger partial charge is 0.0844 e. The van der Waals surface area contributed by atoms with Crippen LogP contribution >= 0.6 is 0 Å². The van der Waals surface area contributed by atoms with E-state index in [0.29, 0.717) is 6.42 Å². The van der Waals surface area contributed by atoms with Crippen LogP contribution in [0.25, 0.3) is 0 Å². The van der Waals surface area contributed by atoms with Gasteiger partial charge in [0.15, 0.2) is 0 Å². The summed E-state index contributed by atoms with van der Waals surface area (Å²) < 4.78 is 0. The van der Waals surface area contributed by atoms with E-state index in [-0.39, 0.29) is 13.2 Å². The molecule has 4 nitrogen and oxygen atoms in total. The third kappa shape index (κ3) is 4.01. The van der Waals surface area contributed by atoms with Crippen molar-refractivity contribution in [3.05, 3.63) is 0 Å². The maximum Gasteiger partial charge on any atom is 0.0844 e. The lowest BCUT2D eigenvalue weighted by molar-refractivity contribution is -0.245. The molecule has 0 amide bonds. The minimum absolute atomic E-state index is 0.137. The van der Waals surface area contributed by atoms with E-state index in [1.165, 1.54) is 0 Å². The minimum Gasteiger partial charge on any atom is -0.392 e. The van der Waals surface area contributed by atoms with Crippen LogP contribution in [0.15, 0.2) is 0 Å². The van der Waals surface area contributed by atoms with E-state index < -0.39 is 6.10 Å². The summed E-state index contributed by atoms with van der Waals surface area (Å²) in [5, 5.41) is 16.4. The molecule has 1 atom stereocenters. The summed E-state index contributed by atoms with van der Waals surface area (Å²) in [4.78, 5) is 3.70. The molecule has 0 saturated carbocycles. The molecule has 4 N–H and O–H groups in total. The molecule has 50 valence electrons. The van der Waals surface area contributed by atoms with Crippen LogP contribution in [-0.4, -0.2) is 29.6 Å². The zero-order valence-electron chi connectivity index (χ0n) is 4.58. The fraction of sp³-hybridized carbons (Fsp3) is 1.00. The zero-order chi connectivity index (χ0) is 6.41. The fourth-order valence-electron chi connectivity index (χ4n) is 0.307. The molecule has 0 aliphatic heterocycles. The molecule has 4 heteroatoms. The SMILES string of the molecule is NCC(O)CCOO. The second kappa shape index (κ2) is 4.99. The molecule has 0 heterocycles. The number of nitrogens with two attached hydrogens (primary N) is 1. The highest BCUT2D eigenvalue weighted by atomic mass is 17.1. The van der Waals surface area contributed by atoms with Gasteiger partial charge in [-0.25, -0.2) is 4.89 Å². The lowest BCUT2D eigenvalue weighted by Gasteiger charge is -2.03. The monoisotopic (exact) mass is 121 g/mol. The maximum atomic E-state index is 8.67. The van der Waals surface area contributed by atoms with Gasteiger partial charge >= 0.3 is 0 Å². The Hall–Kier alpha value is -0.160. The Bertz CT molecular complexity index is 50.5. The third-order valence-corrected chi connectivity index (χ3v) is 0.814. The first-order valence-corrected chi connectivity index (χ1v) is 2.45. The van der Waals surface area contributed by atoms with Crippen LogP contribution in [0.3, 0.4) is 0 Å². The van der Waals surface area contributed by atoms with Gasteiger partial charge in [-0.3, -0.25) is 5.26 Å². The molecular formula is C4H11NO3. The van der Waals surface area contributed by atoms with E-state index in [9.17, 15) is 0 Å². The Morgan fingerprint density at radius 3 is 2.62 bits per heavy atom. The molecule has 0 aromatic rings. The predicted molar refractivity (Wildman–Crippen MR) is 28.3 cm³/mol. The average molecular weight is 121 g/mol. The van der Waals surface area contributed by atoms with Crippen LogP contribution in [0.5, 0.6) is 0 Å². The van der Waals surface area contributed by atoms with Crippen molar-refractivity contribution in [1.29, 1.82) is 0 Å². The van der Waals surface area contributed by atoms with Gasteiger partial charge < -0.3 is 10.8 Å². The Balaban J connectivity index is 2.86. The van der Waals surface area contributed by atoms with E-state index in [2.05, 4.69) is 4.89 Å². The molecule has 0 aliphatic carbocycles. The summed E-state index contributed by atoms with van der Waals surface area (Å²) in [5.41, 5.74) is 5.03. The van der Waals surface area contributed by atoms with Crippen LogP contribution in [0.4, 0.5) is 0 Å². The van der Waals surface area contributed by atoms with E-state index in [4.69, 9.17) is 16.1 Å². The highest BCUT2D eigenvalue weighted by Gasteiger charge is 1.98. The lowest BCUT2D eigenvalue weighted by Crippen LogP contribution is -2.20. The molecule has 0 spiro atoms. The van der Waals surface area contributed by atoms with Gasteiger partial charge in [0.1, 0.15) is 0 Å². The Morgan fingerprint density at radius 2 is 2.25 bits per heavy atom. The van der Waals surface area contributed by atoms with Gasteiger partial charge in [0, 0.05) is 13.0 Å². The van der Waals surface area contributed by atoms with Crippen molar-refractivity contribution in [2.24, 2.45) is 5.73 Å². The lowest BCUT2D eigenvalue weighted by atomic mass is 10.3. The average Bonchev–Trinajstić information content (AvgIpc) is 1.83. The molecule has 0 saturated heterocycles. The molecular weight excluding hydrogens is 110 g/mol. The number of aliphatic hydroxyl groups excluding tert-OH is 1. The van der Waals surface area contributed by atoms with E-state index in [1.807, 2.05) is 0 Å². The molecule has 1 unspecified atom stereocenters. The summed E-state index contributed by atoms with van der Waals surface area (Å²) in [5.74, 6) is 0. The highest BCUT2D eigenvalue weighted by Crippen LogP contribution is 1.86. The predicted octanol–water partition coefficient (Wildman–Crippen LogP) is -0.814. The van der Waals surface area contributed by atoms with E-state index in [1.54, 1.807) is 0 Å². The van der Waals surface area contributed by atoms with E-state index >= 15 is 0 Å². The first kappa shape index (κ1) is 7.84. The Morgan fingerprint density at radius 1 is 1.62 bits per heavy atom. The normalized spacial score (nSPS) is 13.9. The van der Waals surface area contributed by atoms with Crippen molar-refractivity contribution in [2.75, 3.05) is 13.2 Å². The molecule has 0 aromatic heterocycles. The standard InChI is InChI=1S/C4H11NO3/c5-3-4(6)1-2-8-7/h4,6-7H,1-3,5H2. The largest absolute Gasteiger partial charge is 0.392 e. The van der Waals surface area contributed by atoms with Crippen LogP contribution in [0, 0.1) is 0 Å². The molecule has 8 heavy (non-hydrogen) atoms. The highest BCUT2D eigenvalue weighted by molar-refractivity contribution is 4.52. The van der Waals surface area contributed by atoms with Crippen molar-refractivity contribution in [3.8, 4) is 0 Å². The van der Waals surface area contributed by atoms with Crippen LogP contribution < -0.4 is 5.73 Å². The van der Waals surface area contributed by atoms with Crippen molar-refractivity contribution in [1.82, 2.24) is 0 Å². The summed E-state index contributed by atoms with van der Waals surface area (Å²) in [6, 6.07) is 0. The maximum absolute atomic E-state index is 8.67. The summed E-state index contributed by atoms with van der Waals surface area (Å²) in [6.07, 6.45) is -0.172. The summed E-state index contributed by atoms with van der Waals surface area (Å²) >= 11 is 0. The van der Waals surface area contributed by atoms with E-state index in [0.717, 1.165) is 0 Å². The second-order valence-electron chi connectivity index (χ2n) is 1.51. The fourth-order valence-corrected chi connectivity index (χ4v) is 0.307.